The Morgan fingerprint density at radius 3 is 2.80 bits per heavy atom. The summed E-state index contributed by atoms with van der Waals surface area (Å²) in [6.45, 7) is 10.3. The number of allylic oxidation sites excluding steroid dienone is 3. The summed E-state index contributed by atoms with van der Waals surface area (Å²) in [5.74, 6) is 0.532. The number of nitrogens with one attached hydrogen (secondary N) is 1. The van der Waals surface area contributed by atoms with Crippen molar-refractivity contribution in [1.29, 1.82) is 5.26 Å². The second-order valence-electron chi connectivity index (χ2n) is 5.46. The Bertz CT molecular complexity index is 642. The number of benzene rings is 1. The molecule has 102 valence electrons. The van der Waals surface area contributed by atoms with Crippen LogP contribution in [-0.4, -0.2) is 0 Å². The number of nitriles is 1. The molecule has 0 aliphatic heterocycles. The summed E-state index contributed by atoms with van der Waals surface area (Å²) in [7, 11) is 0. The Balaban J connectivity index is 2.31. The third-order valence-corrected chi connectivity index (χ3v) is 3.48. The van der Waals surface area contributed by atoms with E-state index in [1.165, 1.54) is 0 Å². The number of nitrogens with zero attached hydrogens (tertiary/aromatic N) is 1. The van der Waals surface area contributed by atoms with Gasteiger partial charge in [0, 0.05) is 17.0 Å². The highest BCUT2D eigenvalue weighted by Gasteiger charge is 2.11. The average Bonchev–Trinajstić information content (AvgIpc) is 2.37. The normalized spacial score (nSPS) is 17.3. The SMILES string of the molecule is C=C(NC1=CC(C)CC=C1)c1cc(C)cc(C)c1C#N. The van der Waals surface area contributed by atoms with Crippen LogP contribution in [-0.2, 0) is 0 Å². The van der Waals surface area contributed by atoms with Crippen LogP contribution in [0.4, 0.5) is 0 Å². The lowest BCUT2D eigenvalue weighted by molar-refractivity contribution is 0.722. The van der Waals surface area contributed by atoms with Gasteiger partial charge in [-0.3, -0.25) is 0 Å². The molecule has 0 saturated carbocycles. The van der Waals surface area contributed by atoms with Gasteiger partial charge < -0.3 is 5.32 Å². The number of rotatable bonds is 3. The van der Waals surface area contributed by atoms with E-state index in [1.54, 1.807) is 0 Å². The summed E-state index contributed by atoms with van der Waals surface area (Å²) in [6, 6.07) is 6.32. The molecule has 0 heterocycles. The van der Waals surface area contributed by atoms with Crippen LogP contribution < -0.4 is 5.32 Å². The molecule has 1 unspecified atom stereocenters. The molecular formula is C18H20N2. The van der Waals surface area contributed by atoms with Crippen LogP contribution in [0.15, 0.2) is 42.6 Å². The van der Waals surface area contributed by atoms with Gasteiger partial charge in [-0.25, -0.2) is 0 Å². The highest BCUT2D eigenvalue weighted by atomic mass is 14.9. The molecule has 1 atom stereocenters. The van der Waals surface area contributed by atoms with Crippen molar-refractivity contribution >= 4 is 5.70 Å². The fraction of sp³-hybridized carbons (Fsp3) is 0.278. The fourth-order valence-electron chi connectivity index (χ4n) is 2.52. The summed E-state index contributed by atoms with van der Waals surface area (Å²) in [4.78, 5) is 0. The second-order valence-corrected chi connectivity index (χ2v) is 5.46. The maximum absolute atomic E-state index is 9.34. The van der Waals surface area contributed by atoms with E-state index < -0.39 is 0 Å². The molecule has 1 aromatic rings. The maximum atomic E-state index is 9.34. The van der Waals surface area contributed by atoms with Crippen LogP contribution in [0.5, 0.6) is 0 Å². The van der Waals surface area contributed by atoms with Crippen LogP contribution in [0.2, 0.25) is 0 Å². The van der Waals surface area contributed by atoms with Crippen molar-refractivity contribution in [2.75, 3.05) is 0 Å². The van der Waals surface area contributed by atoms with E-state index in [0.717, 1.165) is 34.5 Å². The van der Waals surface area contributed by atoms with Crippen LogP contribution in [0.1, 0.15) is 35.6 Å². The molecule has 2 nitrogen and oxygen atoms in total. The van der Waals surface area contributed by atoms with E-state index in [2.05, 4.69) is 43.1 Å². The largest absolute Gasteiger partial charge is 0.356 e. The molecule has 2 rings (SSSR count). The summed E-state index contributed by atoms with van der Waals surface area (Å²) in [5, 5.41) is 12.7. The summed E-state index contributed by atoms with van der Waals surface area (Å²) in [5.41, 5.74) is 5.54. The molecule has 0 saturated heterocycles. The zero-order valence-corrected chi connectivity index (χ0v) is 12.3. The zero-order valence-electron chi connectivity index (χ0n) is 12.3. The Hall–Kier alpha value is -2.27. The fourth-order valence-corrected chi connectivity index (χ4v) is 2.52. The van der Waals surface area contributed by atoms with Gasteiger partial charge in [-0.1, -0.05) is 37.3 Å². The van der Waals surface area contributed by atoms with Gasteiger partial charge in [-0.15, -0.1) is 0 Å². The van der Waals surface area contributed by atoms with Crippen LogP contribution in [0.3, 0.4) is 0 Å². The first-order valence-electron chi connectivity index (χ1n) is 6.87. The number of hydrogen-bond acceptors (Lipinski definition) is 2. The third kappa shape index (κ3) is 3.00. The molecule has 1 N–H and O–H groups in total. The van der Waals surface area contributed by atoms with Crippen molar-refractivity contribution < 1.29 is 0 Å². The van der Waals surface area contributed by atoms with Crippen LogP contribution in [0.25, 0.3) is 5.70 Å². The smallest absolute Gasteiger partial charge is 0.100 e. The monoisotopic (exact) mass is 264 g/mol. The van der Waals surface area contributed by atoms with Gasteiger partial charge in [0.15, 0.2) is 0 Å². The van der Waals surface area contributed by atoms with E-state index in [1.807, 2.05) is 26.0 Å². The van der Waals surface area contributed by atoms with Crippen molar-refractivity contribution in [1.82, 2.24) is 5.32 Å². The van der Waals surface area contributed by atoms with E-state index in [9.17, 15) is 5.26 Å². The highest BCUT2D eigenvalue weighted by molar-refractivity contribution is 5.71. The lowest BCUT2D eigenvalue weighted by atomic mass is 9.97. The van der Waals surface area contributed by atoms with Gasteiger partial charge in [0.05, 0.1) is 5.56 Å². The Morgan fingerprint density at radius 2 is 2.15 bits per heavy atom. The summed E-state index contributed by atoms with van der Waals surface area (Å²) < 4.78 is 0. The van der Waals surface area contributed by atoms with Gasteiger partial charge in [0.2, 0.25) is 0 Å². The minimum atomic E-state index is 0.532. The lowest BCUT2D eigenvalue weighted by Gasteiger charge is -2.17. The maximum Gasteiger partial charge on any atom is 0.100 e. The molecule has 1 aliphatic rings. The molecule has 0 bridgehead atoms. The number of aryl methyl sites for hydroxylation is 2. The van der Waals surface area contributed by atoms with E-state index >= 15 is 0 Å². The second kappa shape index (κ2) is 5.79. The van der Waals surface area contributed by atoms with E-state index in [0.29, 0.717) is 11.5 Å². The minimum absolute atomic E-state index is 0.532. The Kier molecular flexibility index (Phi) is 4.10. The van der Waals surface area contributed by atoms with E-state index in [4.69, 9.17) is 0 Å². The molecule has 0 fully saturated rings. The van der Waals surface area contributed by atoms with Gasteiger partial charge in [0.25, 0.3) is 0 Å². The molecule has 0 spiro atoms. The van der Waals surface area contributed by atoms with Crippen molar-refractivity contribution in [2.24, 2.45) is 5.92 Å². The molecule has 20 heavy (non-hydrogen) atoms. The standard InChI is InChI=1S/C18H20N2/c1-12-6-5-7-16(9-12)20-15(4)17-10-13(2)8-14(3)18(17)11-19/h5,7-10,12,20H,4,6H2,1-3H3. The predicted octanol–water partition coefficient (Wildman–Crippen LogP) is 4.22. The molecule has 0 amide bonds. The van der Waals surface area contributed by atoms with Crippen molar-refractivity contribution in [2.45, 2.75) is 27.2 Å². The summed E-state index contributed by atoms with van der Waals surface area (Å²) in [6.07, 6.45) is 7.50. The molecule has 0 aromatic heterocycles. The first-order valence-corrected chi connectivity index (χ1v) is 6.87. The van der Waals surface area contributed by atoms with Crippen LogP contribution >= 0.6 is 0 Å². The first-order chi connectivity index (χ1) is 9.51. The van der Waals surface area contributed by atoms with Gasteiger partial charge in [-0.2, -0.15) is 5.26 Å². The Morgan fingerprint density at radius 1 is 1.40 bits per heavy atom. The molecule has 1 aromatic carbocycles. The highest BCUT2D eigenvalue weighted by Crippen LogP contribution is 2.23. The van der Waals surface area contributed by atoms with Gasteiger partial charge >= 0.3 is 0 Å². The average molecular weight is 264 g/mol. The predicted molar refractivity (Wildman–Crippen MR) is 83.8 cm³/mol. The van der Waals surface area contributed by atoms with Crippen molar-refractivity contribution in [3.63, 3.8) is 0 Å². The van der Waals surface area contributed by atoms with E-state index in [-0.39, 0.29) is 0 Å². The third-order valence-electron chi connectivity index (χ3n) is 3.48. The van der Waals surface area contributed by atoms with Crippen molar-refractivity contribution in [3.05, 3.63) is 64.9 Å². The van der Waals surface area contributed by atoms with Crippen LogP contribution in [0, 0.1) is 31.1 Å². The zero-order chi connectivity index (χ0) is 14.7. The molecule has 0 radical (unpaired) electrons. The topological polar surface area (TPSA) is 35.8 Å². The minimum Gasteiger partial charge on any atom is -0.356 e. The van der Waals surface area contributed by atoms with Gasteiger partial charge in [0.1, 0.15) is 6.07 Å². The lowest BCUT2D eigenvalue weighted by Crippen LogP contribution is -2.14. The molecule has 2 heteroatoms. The first kappa shape index (κ1) is 14.1. The number of hydrogen-bond donors (Lipinski definition) is 1. The van der Waals surface area contributed by atoms with Crippen molar-refractivity contribution in [3.8, 4) is 6.07 Å². The molecule has 1 aliphatic carbocycles. The van der Waals surface area contributed by atoms with Gasteiger partial charge in [-0.05, 0) is 43.9 Å². The quantitative estimate of drug-likeness (QED) is 0.887. The molecular weight excluding hydrogens is 244 g/mol. The summed E-state index contributed by atoms with van der Waals surface area (Å²) >= 11 is 0. The Labute approximate surface area is 121 Å².